The third kappa shape index (κ3) is 3.10. The predicted octanol–water partition coefficient (Wildman–Crippen LogP) is 2.86. The Morgan fingerprint density at radius 2 is 2.38 bits per heavy atom. The molecule has 4 nitrogen and oxygen atoms in total. The lowest BCUT2D eigenvalue weighted by atomic mass is 9.99. The molecule has 2 unspecified atom stereocenters. The zero-order chi connectivity index (χ0) is 14.9. The highest BCUT2D eigenvalue weighted by Crippen LogP contribution is 2.39. The Morgan fingerprint density at radius 1 is 1.52 bits per heavy atom. The maximum Gasteiger partial charge on any atom is 0.166 e. The number of aryl methyl sites for hydroxylation is 1. The normalized spacial score (nSPS) is 25.8. The summed E-state index contributed by atoms with van der Waals surface area (Å²) in [4.78, 5) is 8.07. The minimum atomic E-state index is -0.0883. The standard InChI is InChI=1S/C16H23N3OS/c1-3-17-16(10-20)7-6-12(9-16)21-15-18-13-5-4-11(2)8-14(13)19-15/h4-5,8,12,17,20H,3,6-7,9-10H2,1-2H3,(H,18,19). The molecule has 0 amide bonds. The molecule has 0 aliphatic heterocycles. The maximum absolute atomic E-state index is 9.68. The summed E-state index contributed by atoms with van der Waals surface area (Å²) in [6, 6.07) is 6.30. The van der Waals surface area contributed by atoms with Gasteiger partial charge in [-0.05, 0) is 50.4 Å². The summed E-state index contributed by atoms with van der Waals surface area (Å²) in [5, 5.41) is 14.6. The summed E-state index contributed by atoms with van der Waals surface area (Å²) >= 11 is 1.81. The van der Waals surface area contributed by atoms with Crippen LogP contribution in [0, 0.1) is 6.92 Å². The summed E-state index contributed by atoms with van der Waals surface area (Å²) in [5.41, 5.74) is 3.29. The van der Waals surface area contributed by atoms with Crippen molar-refractivity contribution >= 4 is 22.8 Å². The first-order valence-corrected chi connectivity index (χ1v) is 8.51. The van der Waals surface area contributed by atoms with E-state index >= 15 is 0 Å². The number of thioether (sulfide) groups is 1. The molecule has 2 atom stereocenters. The number of hydrogen-bond donors (Lipinski definition) is 3. The van der Waals surface area contributed by atoms with Crippen LogP contribution in [0.4, 0.5) is 0 Å². The molecule has 3 N–H and O–H groups in total. The van der Waals surface area contributed by atoms with Crippen molar-refractivity contribution in [1.29, 1.82) is 0 Å². The molecule has 5 heteroatoms. The van der Waals surface area contributed by atoms with E-state index in [1.807, 2.05) is 11.8 Å². The zero-order valence-corrected chi connectivity index (χ0v) is 13.5. The number of aromatic nitrogens is 2. The maximum atomic E-state index is 9.68. The highest BCUT2D eigenvalue weighted by molar-refractivity contribution is 7.99. The Hall–Kier alpha value is -1.04. The lowest BCUT2D eigenvalue weighted by Gasteiger charge is -2.27. The number of imidazole rings is 1. The molecular formula is C16H23N3OS. The van der Waals surface area contributed by atoms with Gasteiger partial charge in [-0.15, -0.1) is 0 Å². The van der Waals surface area contributed by atoms with Gasteiger partial charge in [-0.2, -0.15) is 0 Å². The van der Waals surface area contributed by atoms with Crippen molar-refractivity contribution in [3.8, 4) is 0 Å². The summed E-state index contributed by atoms with van der Waals surface area (Å²) in [7, 11) is 0. The molecule has 0 spiro atoms. The molecule has 1 aliphatic rings. The van der Waals surface area contributed by atoms with E-state index < -0.39 is 0 Å². The molecular weight excluding hydrogens is 282 g/mol. The molecule has 1 aromatic carbocycles. The fourth-order valence-electron chi connectivity index (χ4n) is 3.23. The van der Waals surface area contributed by atoms with Gasteiger partial charge in [0.1, 0.15) is 0 Å². The Balaban J connectivity index is 1.71. The van der Waals surface area contributed by atoms with Gasteiger partial charge in [0.25, 0.3) is 0 Å². The minimum Gasteiger partial charge on any atom is -0.394 e. The second-order valence-electron chi connectivity index (χ2n) is 6.01. The quantitative estimate of drug-likeness (QED) is 0.795. The van der Waals surface area contributed by atoms with Gasteiger partial charge in [-0.1, -0.05) is 24.8 Å². The second kappa shape index (κ2) is 5.99. The van der Waals surface area contributed by atoms with Crippen molar-refractivity contribution in [3.63, 3.8) is 0 Å². The van der Waals surface area contributed by atoms with Crippen LogP contribution in [0.2, 0.25) is 0 Å². The van der Waals surface area contributed by atoms with Crippen molar-refractivity contribution < 1.29 is 5.11 Å². The van der Waals surface area contributed by atoms with E-state index in [9.17, 15) is 5.11 Å². The number of aromatic amines is 1. The van der Waals surface area contributed by atoms with E-state index in [1.165, 1.54) is 5.56 Å². The molecule has 0 bridgehead atoms. The molecule has 1 saturated carbocycles. The number of fused-ring (bicyclic) bond motifs is 1. The summed E-state index contributed by atoms with van der Waals surface area (Å²) < 4.78 is 0. The minimum absolute atomic E-state index is 0.0883. The Kier molecular flexibility index (Phi) is 4.24. The number of benzene rings is 1. The van der Waals surface area contributed by atoms with Crippen LogP contribution in [0.15, 0.2) is 23.4 Å². The summed E-state index contributed by atoms with van der Waals surface area (Å²) in [6.45, 7) is 5.31. The van der Waals surface area contributed by atoms with Crippen LogP contribution in [-0.4, -0.2) is 39.0 Å². The highest BCUT2D eigenvalue weighted by atomic mass is 32.2. The predicted molar refractivity (Wildman–Crippen MR) is 87.8 cm³/mol. The van der Waals surface area contributed by atoms with Crippen molar-refractivity contribution in [3.05, 3.63) is 23.8 Å². The molecule has 0 saturated heterocycles. The number of hydrogen-bond acceptors (Lipinski definition) is 4. The second-order valence-corrected chi connectivity index (χ2v) is 7.30. The van der Waals surface area contributed by atoms with E-state index in [4.69, 9.17) is 0 Å². The van der Waals surface area contributed by atoms with Crippen molar-refractivity contribution in [2.24, 2.45) is 0 Å². The largest absolute Gasteiger partial charge is 0.394 e. The first-order chi connectivity index (χ1) is 10.1. The Labute approximate surface area is 129 Å². The molecule has 1 heterocycles. The van der Waals surface area contributed by atoms with Gasteiger partial charge >= 0.3 is 0 Å². The first kappa shape index (κ1) is 14.9. The van der Waals surface area contributed by atoms with Gasteiger partial charge < -0.3 is 15.4 Å². The number of aliphatic hydroxyl groups excluding tert-OH is 1. The molecule has 1 aromatic heterocycles. The number of rotatable bonds is 5. The van der Waals surface area contributed by atoms with Gasteiger partial charge in [0.05, 0.1) is 17.6 Å². The number of nitrogens with zero attached hydrogens (tertiary/aromatic N) is 1. The number of aliphatic hydroxyl groups is 1. The van der Waals surface area contributed by atoms with Crippen LogP contribution in [0.25, 0.3) is 11.0 Å². The highest BCUT2D eigenvalue weighted by Gasteiger charge is 2.38. The molecule has 1 aliphatic carbocycles. The Bertz CT molecular complexity index is 627. The number of nitrogens with one attached hydrogen (secondary N) is 2. The monoisotopic (exact) mass is 305 g/mol. The lowest BCUT2D eigenvalue weighted by molar-refractivity contribution is 0.167. The third-order valence-corrected chi connectivity index (χ3v) is 5.46. The van der Waals surface area contributed by atoms with Crippen LogP contribution < -0.4 is 5.32 Å². The van der Waals surface area contributed by atoms with Crippen LogP contribution in [0.1, 0.15) is 31.7 Å². The van der Waals surface area contributed by atoms with E-state index in [-0.39, 0.29) is 12.1 Å². The van der Waals surface area contributed by atoms with Crippen LogP contribution in [0.3, 0.4) is 0 Å². The van der Waals surface area contributed by atoms with E-state index in [1.54, 1.807) is 0 Å². The number of H-pyrrole nitrogens is 1. The summed E-state index contributed by atoms with van der Waals surface area (Å²) in [6.07, 6.45) is 3.15. The van der Waals surface area contributed by atoms with Crippen molar-refractivity contribution in [1.82, 2.24) is 15.3 Å². The first-order valence-electron chi connectivity index (χ1n) is 7.63. The molecule has 3 rings (SSSR count). The van der Waals surface area contributed by atoms with Gasteiger partial charge in [0.2, 0.25) is 0 Å². The van der Waals surface area contributed by atoms with Crippen molar-refractivity contribution in [2.75, 3.05) is 13.2 Å². The summed E-state index contributed by atoms with van der Waals surface area (Å²) in [5.74, 6) is 0. The lowest BCUT2D eigenvalue weighted by Crippen LogP contribution is -2.46. The van der Waals surface area contributed by atoms with Crippen LogP contribution >= 0.6 is 11.8 Å². The SMILES string of the molecule is CCNC1(CO)CCC(Sc2nc3ccc(C)cc3[nH]2)C1. The molecule has 1 fully saturated rings. The average molecular weight is 305 g/mol. The van der Waals surface area contributed by atoms with E-state index in [0.29, 0.717) is 5.25 Å². The zero-order valence-electron chi connectivity index (χ0n) is 12.6. The van der Waals surface area contributed by atoms with Crippen molar-refractivity contribution in [2.45, 2.75) is 49.1 Å². The smallest absolute Gasteiger partial charge is 0.166 e. The van der Waals surface area contributed by atoms with Gasteiger partial charge in [0, 0.05) is 10.8 Å². The fourth-order valence-corrected chi connectivity index (χ4v) is 4.50. The topological polar surface area (TPSA) is 60.9 Å². The van der Waals surface area contributed by atoms with Gasteiger partial charge in [0.15, 0.2) is 5.16 Å². The van der Waals surface area contributed by atoms with E-state index in [2.05, 4.69) is 47.3 Å². The average Bonchev–Trinajstić information content (AvgIpc) is 3.03. The molecule has 0 radical (unpaired) electrons. The number of likely N-dealkylation sites (N-methyl/N-ethyl adjacent to an activating group) is 1. The van der Waals surface area contributed by atoms with E-state index in [0.717, 1.165) is 42.0 Å². The van der Waals surface area contributed by atoms with Gasteiger partial charge in [-0.25, -0.2) is 4.98 Å². The fraction of sp³-hybridized carbons (Fsp3) is 0.562. The van der Waals surface area contributed by atoms with Gasteiger partial charge in [-0.3, -0.25) is 0 Å². The molecule has 2 aromatic rings. The third-order valence-electron chi connectivity index (χ3n) is 4.31. The van der Waals surface area contributed by atoms with Crippen LogP contribution in [0.5, 0.6) is 0 Å². The van der Waals surface area contributed by atoms with Crippen LogP contribution in [-0.2, 0) is 0 Å². The Morgan fingerprint density at radius 3 is 3.14 bits per heavy atom. The molecule has 114 valence electrons. The molecule has 21 heavy (non-hydrogen) atoms.